The Bertz CT molecular complexity index is 589. The van der Waals surface area contributed by atoms with Crippen LogP contribution < -0.4 is 5.32 Å². The van der Waals surface area contributed by atoms with Crippen LogP contribution in [0, 0.1) is 11.3 Å². The molecule has 0 radical (unpaired) electrons. The summed E-state index contributed by atoms with van der Waals surface area (Å²) in [5, 5.41) is 11.9. The van der Waals surface area contributed by atoms with E-state index in [2.05, 4.69) is 11.4 Å². The van der Waals surface area contributed by atoms with Crippen LogP contribution in [-0.4, -0.2) is 35.9 Å². The van der Waals surface area contributed by atoms with Gasteiger partial charge in [0, 0.05) is 18.3 Å². The van der Waals surface area contributed by atoms with E-state index in [0.29, 0.717) is 18.0 Å². The van der Waals surface area contributed by atoms with Gasteiger partial charge in [-0.15, -0.1) is 0 Å². The highest BCUT2D eigenvalue weighted by atomic mass is 16.5. The number of nitrogens with zero attached hydrogens (tertiary/aromatic N) is 2. The largest absolute Gasteiger partial charge is 0.376 e. The summed E-state index contributed by atoms with van der Waals surface area (Å²) in [7, 11) is 0. The van der Waals surface area contributed by atoms with Gasteiger partial charge in [0.2, 0.25) is 0 Å². The highest BCUT2D eigenvalue weighted by Crippen LogP contribution is 2.24. The van der Waals surface area contributed by atoms with Crippen molar-refractivity contribution in [2.75, 3.05) is 18.5 Å². The van der Waals surface area contributed by atoms with E-state index in [1.807, 2.05) is 25.3 Å². The van der Waals surface area contributed by atoms with E-state index >= 15 is 0 Å². The summed E-state index contributed by atoms with van der Waals surface area (Å²) in [6, 6.07) is 3.78. The Morgan fingerprint density at radius 1 is 1.61 bits per heavy atom. The van der Waals surface area contributed by atoms with Gasteiger partial charge in [0.1, 0.15) is 18.0 Å². The van der Waals surface area contributed by atoms with E-state index in [1.165, 1.54) is 0 Å². The van der Waals surface area contributed by atoms with Crippen LogP contribution in [0.15, 0.2) is 12.3 Å². The minimum atomic E-state index is -0.576. The van der Waals surface area contributed by atoms with Crippen LogP contribution in [0.2, 0.25) is 0 Å². The average Bonchev–Trinajstić information content (AvgIpc) is 3.13. The Morgan fingerprint density at radius 2 is 2.35 bits per heavy atom. The maximum absolute atomic E-state index is 12.3. The normalized spacial score (nSPS) is 19.3. The van der Waals surface area contributed by atoms with Crippen molar-refractivity contribution in [3.05, 3.63) is 17.8 Å². The first-order chi connectivity index (χ1) is 10.8. The lowest BCUT2D eigenvalue weighted by Crippen LogP contribution is -2.32. The van der Waals surface area contributed by atoms with Gasteiger partial charge in [-0.05, 0) is 46.6 Å². The van der Waals surface area contributed by atoms with Crippen molar-refractivity contribution in [2.24, 2.45) is 0 Å². The molecule has 6 nitrogen and oxygen atoms in total. The van der Waals surface area contributed by atoms with Crippen molar-refractivity contribution in [1.29, 1.82) is 5.26 Å². The van der Waals surface area contributed by atoms with Crippen LogP contribution in [0.5, 0.6) is 0 Å². The smallest absolute Gasteiger partial charge is 0.254 e. The Hall–Kier alpha value is -1.84. The fourth-order valence-electron chi connectivity index (χ4n) is 2.51. The van der Waals surface area contributed by atoms with E-state index < -0.39 is 6.10 Å². The molecule has 1 amide bonds. The second-order valence-electron chi connectivity index (χ2n) is 6.87. The third-order valence-electron chi connectivity index (χ3n) is 3.85. The maximum atomic E-state index is 12.3. The van der Waals surface area contributed by atoms with Crippen LogP contribution in [0.4, 0.5) is 5.82 Å². The Balaban J connectivity index is 1.98. The van der Waals surface area contributed by atoms with Gasteiger partial charge >= 0.3 is 0 Å². The molecule has 0 saturated carbocycles. The predicted molar refractivity (Wildman–Crippen MR) is 87.2 cm³/mol. The van der Waals surface area contributed by atoms with Crippen molar-refractivity contribution in [3.63, 3.8) is 0 Å². The number of rotatable bonds is 5. The minimum absolute atomic E-state index is 0.0916. The fourth-order valence-corrected chi connectivity index (χ4v) is 2.51. The molecular weight excluding hydrogens is 294 g/mol. The molecule has 1 aliphatic rings. The maximum Gasteiger partial charge on any atom is 0.254 e. The molecule has 2 rings (SSSR count). The highest BCUT2D eigenvalue weighted by Gasteiger charge is 2.23. The molecule has 23 heavy (non-hydrogen) atoms. The molecule has 1 aromatic heterocycles. The summed E-state index contributed by atoms with van der Waals surface area (Å²) < 4.78 is 13.0. The molecule has 0 spiro atoms. The van der Waals surface area contributed by atoms with E-state index in [-0.39, 0.29) is 17.6 Å². The standard InChI is InChI=1S/C17H25N3O3/c1-12(23-11-14-6-5-7-22-14)16(21)19-15-8-13(9-18)10-20(15)17(2,3)4/h8,10,12,14H,5-7,11H2,1-4H3,(H,19,21). The SMILES string of the molecule is CC(OCC1CCCO1)C(=O)Nc1cc(C#N)cn1C(C)(C)C. The number of hydrogen-bond donors (Lipinski definition) is 1. The molecule has 0 aromatic carbocycles. The molecule has 2 heterocycles. The van der Waals surface area contributed by atoms with Crippen molar-refractivity contribution in [1.82, 2.24) is 4.57 Å². The third kappa shape index (κ3) is 4.57. The first kappa shape index (κ1) is 17.5. The van der Waals surface area contributed by atoms with Gasteiger partial charge in [-0.1, -0.05) is 0 Å². The van der Waals surface area contributed by atoms with Crippen LogP contribution in [0.1, 0.15) is 46.1 Å². The molecule has 126 valence electrons. The zero-order valence-electron chi connectivity index (χ0n) is 14.3. The summed E-state index contributed by atoms with van der Waals surface area (Å²) in [5.41, 5.74) is 0.280. The lowest BCUT2D eigenvalue weighted by atomic mass is 10.1. The van der Waals surface area contributed by atoms with E-state index in [1.54, 1.807) is 19.2 Å². The Labute approximate surface area is 137 Å². The number of anilines is 1. The lowest BCUT2D eigenvalue weighted by molar-refractivity contribution is -0.128. The van der Waals surface area contributed by atoms with Crippen molar-refractivity contribution in [3.8, 4) is 6.07 Å². The second-order valence-corrected chi connectivity index (χ2v) is 6.87. The van der Waals surface area contributed by atoms with Gasteiger partial charge in [-0.25, -0.2) is 0 Å². The van der Waals surface area contributed by atoms with Crippen LogP contribution in [0.25, 0.3) is 0 Å². The van der Waals surface area contributed by atoms with Crippen LogP contribution in [-0.2, 0) is 19.8 Å². The van der Waals surface area contributed by atoms with Gasteiger partial charge in [0.05, 0.1) is 18.3 Å². The summed E-state index contributed by atoms with van der Waals surface area (Å²) in [6.45, 7) is 8.96. The number of nitrogens with one attached hydrogen (secondary N) is 1. The molecule has 1 aliphatic heterocycles. The van der Waals surface area contributed by atoms with Crippen molar-refractivity contribution in [2.45, 2.75) is 58.3 Å². The molecule has 1 N–H and O–H groups in total. The zero-order chi connectivity index (χ0) is 17.0. The molecule has 1 aromatic rings. The van der Waals surface area contributed by atoms with Crippen LogP contribution in [0.3, 0.4) is 0 Å². The van der Waals surface area contributed by atoms with Gasteiger partial charge in [0.25, 0.3) is 5.91 Å². The predicted octanol–water partition coefficient (Wildman–Crippen LogP) is 2.64. The number of nitriles is 1. The highest BCUT2D eigenvalue weighted by molar-refractivity contribution is 5.93. The monoisotopic (exact) mass is 319 g/mol. The summed E-state index contributed by atoms with van der Waals surface area (Å²) >= 11 is 0. The molecule has 1 saturated heterocycles. The Kier molecular flexibility index (Phi) is 5.45. The average molecular weight is 319 g/mol. The minimum Gasteiger partial charge on any atom is -0.376 e. The summed E-state index contributed by atoms with van der Waals surface area (Å²) in [6.07, 6.45) is 3.28. The molecular formula is C17H25N3O3. The first-order valence-electron chi connectivity index (χ1n) is 7.98. The van der Waals surface area contributed by atoms with Gasteiger partial charge in [0.15, 0.2) is 0 Å². The lowest BCUT2D eigenvalue weighted by Gasteiger charge is -2.25. The number of carbonyl (C=O) groups is 1. The molecule has 6 heteroatoms. The van der Waals surface area contributed by atoms with Gasteiger partial charge < -0.3 is 19.4 Å². The van der Waals surface area contributed by atoms with Crippen LogP contribution >= 0.6 is 0 Å². The fraction of sp³-hybridized carbons (Fsp3) is 0.647. The van der Waals surface area contributed by atoms with E-state index in [9.17, 15) is 4.79 Å². The van der Waals surface area contributed by atoms with Crippen molar-refractivity contribution < 1.29 is 14.3 Å². The topological polar surface area (TPSA) is 76.3 Å². The molecule has 2 atom stereocenters. The number of amides is 1. The Morgan fingerprint density at radius 3 is 2.91 bits per heavy atom. The zero-order valence-corrected chi connectivity index (χ0v) is 14.3. The molecule has 0 aliphatic carbocycles. The summed E-state index contributed by atoms with van der Waals surface area (Å²) in [5.74, 6) is 0.378. The number of aromatic nitrogens is 1. The number of carbonyl (C=O) groups excluding carboxylic acids is 1. The summed E-state index contributed by atoms with van der Waals surface area (Å²) in [4.78, 5) is 12.3. The second kappa shape index (κ2) is 7.16. The molecule has 1 fully saturated rings. The molecule has 2 unspecified atom stereocenters. The first-order valence-corrected chi connectivity index (χ1v) is 7.98. The van der Waals surface area contributed by atoms with Gasteiger partial charge in [-0.2, -0.15) is 5.26 Å². The van der Waals surface area contributed by atoms with E-state index in [0.717, 1.165) is 19.4 Å². The van der Waals surface area contributed by atoms with Gasteiger partial charge in [-0.3, -0.25) is 4.79 Å². The van der Waals surface area contributed by atoms with Crippen molar-refractivity contribution >= 4 is 11.7 Å². The number of ether oxygens (including phenoxy) is 2. The van der Waals surface area contributed by atoms with E-state index in [4.69, 9.17) is 14.7 Å². The quantitative estimate of drug-likeness (QED) is 0.905. The molecule has 0 bridgehead atoms. The number of hydrogen-bond acceptors (Lipinski definition) is 4. The third-order valence-corrected chi connectivity index (χ3v) is 3.85.